The quantitative estimate of drug-likeness (QED) is 0.623. The van der Waals surface area contributed by atoms with Crippen molar-refractivity contribution in [2.24, 2.45) is 7.05 Å². The minimum Gasteiger partial charge on any atom is -0.497 e. The van der Waals surface area contributed by atoms with Gasteiger partial charge < -0.3 is 9.30 Å². The Labute approximate surface area is 161 Å². The van der Waals surface area contributed by atoms with Crippen molar-refractivity contribution in [2.75, 3.05) is 11.4 Å². The van der Waals surface area contributed by atoms with Gasteiger partial charge in [-0.3, -0.25) is 4.31 Å². The van der Waals surface area contributed by atoms with Gasteiger partial charge in [0.25, 0.3) is 10.0 Å². The fourth-order valence-corrected chi connectivity index (χ4v) is 5.12. The summed E-state index contributed by atoms with van der Waals surface area (Å²) in [5, 5.41) is 0. The molecule has 0 bridgehead atoms. The number of hydrogen-bond donors (Lipinski definition) is 0. The predicted octanol–water partition coefficient (Wildman–Crippen LogP) is 4.17. The lowest BCUT2D eigenvalue weighted by atomic mass is 10.0. The molecule has 0 saturated carbocycles. The van der Waals surface area contributed by atoms with Crippen LogP contribution in [-0.4, -0.2) is 20.1 Å². The minimum absolute atomic E-state index is 0.239. The van der Waals surface area contributed by atoms with E-state index in [1.807, 2.05) is 41.9 Å². The Hall–Kier alpha value is -2.25. The average molecular weight is 433 g/mol. The Bertz CT molecular complexity index is 1090. The lowest BCUT2D eigenvalue weighted by molar-refractivity contribution is 0.414. The molecule has 0 unspecified atom stereocenters. The number of sulfonamides is 1. The molecule has 26 heavy (non-hydrogen) atoms. The molecular formula is C19H17BrN2O3S. The maximum absolute atomic E-state index is 13.3. The molecule has 134 valence electrons. The Kier molecular flexibility index (Phi) is 4.08. The molecule has 0 radical (unpaired) electrons. The number of anilines is 1. The summed E-state index contributed by atoms with van der Waals surface area (Å²) in [4.78, 5) is 0.239. The molecule has 1 aromatic heterocycles. The largest absolute Gasteiger partial charge is 0.497 e. The van der Waals surface area contributed by atoms with E-state index in [1.165, 1.54) is 4.31 Å². The number of aromatic nitrogens is 1. The lowest BCUT2D eigenvalue weighted by Gasteiger charge is -2.30. The Morgan fingerprint density at radius 1 is 1.08 bits per heavy atom. The van der Waals surface area contributed by atoms with Gasteiger partial charge in [-0.1, -0.05) is 24.3 Å². The SMILES string of the molecule is COc1ccc(S(=O)(=O)N2Cc3ccccc3-c3c2cc(Br)n3C)cc1. The van der Waals surface area contributed by atoms with Gasteiger partial charge in [-0.25, -0.2) is 8.42 Å². The van der Waals surface area contributed by atoms with Crippen molar-refractivity contribution in [3.8, 4) is 17.0 Å². The maximum Gasteiger partial charge on any atom is 0.264 e. The van der Waals surface area contributed by atoms with Gasteiger partial charge in [-0.05, 0) is 51.8 Å². The van der Waals surface area contributed by atoms with Crippen molar-refractivity contribution in [3.05, 3.63) is 64.8 Å². The van der Waals surface area contributed by atoms with Crippen LogP contribution in [0.3, 0.4) is 0 Å². The van der Waals surface area contributed by atoms with E-state index < -0.39 is 10.0 Å². The monoisotopic (exact) mass is 432 g/mol. The Morgan fingerprint density at radius 3 is 2.46 bits per heavy atom. The number of nitrogens with zero attached hydrogens (tertiary/aromatic N) is 2. The molecule has 1 aliphatic rings. The summed E-state index contributed by atoms with van der Waals surface area (Å²) in [5.41, 5.74) is 3.59. The molecule has 1 aliphatic heterocycles. The molecule has 0 N–H and O–H groups in total. The zero-order valence-electron chi connectivity index (χ0n) is 14.3. The fraction of sp³-hybridized carbons (Fsp3) is 0.158. The summed E-state index contributed by atoms with van der Waals surface area (Å²) < 4.78 is 36.1. The summed E-state index contributed by atoms with van der Waals surface area (Å²) >= 11 is 3.52. The van der Waals surface area contributed by atoms with E-state index in [0.29, 0.717) is 18.0 Å². The van der Waals surface area contributed by atoms with Gasteiger partial charge in [-0.15, -0.1) is 0 Å². The first-order valence-electron chi connectivity index (χ1n) is 8.04. The molecule has 7 heteroatoms. The standard InChI is InChI=1S/C19H17BrN2O3S/c1-21-18(20)11-17-19(21)16-6-4-3-5-13(16)12-22(17)26(23,24)15-9-7-14(25-2)8-10-15/h3-11H,12H2,1-2H3. The van der Waals surface area contributed by atoms with E-state index in [9.17, 15) is 8.42 Å². The average Bonchev–Trinajstić information content (AvgIpc) is 2.96. The van der Waals surface area contributed by atoms with Crippen LogP contribution in [0.25, 0.3) is 11.3 Å². The highest BCUT2D eigenvalue weighted by Crippen LogP contribution is 2.44. The van der Waals surface area contributed by atoms with E-state index >= 15 is 0 Å². The van der Waals surface area contributed by atoms with Crippen LogP contribution in [0, 0.1) is 0 Å². The topological polar surface area (TPSA) is 51.5 Å². The van der Waals surface area contributed by atoms with E-state index in [4.69, 9.17) is 4.74 Å². The van der Waals surface area contributed by atoms with Gasteiger partial charge in [0.15, 0.2) is 0 Å². The lowest BCUT2D eigenvalue weighted by Crippen LogP contribution is -2.33. The maximum atomic E-state index is 13.3. The second-order valence-electron chi connectivity index (χ2n) is 6.10. The summed E-state index contributed by atoms with van der Waals surface area (Å²) in [6.45, 7) is 0.300. The van der Waals surface area contributed by atoms with Gasteiger partial charge in [-0.2, -0.15) is 0 Å². The van der Waals surface area contributed by atoms with Crippen molar-refractivity contribution in [3.63, 3.8) is 0 Å². The highest BCUT2D eigenvalue weighted by atomic mass is 79.9. The van der Waals surface area contributed by atoms with E-state index in [-0.39, 0.29) is 4.90 Å². The summed E-state index contributed by atoms with van der Waals surface area (Å²) in [5.74, 6) is 0.621. The molecule has 2 heterocycles. The molecular weight excluding hydrogens is 416 g/mol. The zero-order chi connectivity index (χ0) is 18.5. The van der Waals surface area contributed by atoms with Gasteiger partial charge in [0.05, 0.1) is 34.5 Å². The Balaban J connectivity index is 1.89. The van der Waals surface area contributed by atoms with Crippen molar-refractivity contribution >= 4 is 31.6 Å². The fourth-order valence-electron chi connectivity index (χ4n) is 3.28. The summed E-state index contributed by atoms with van der Waals surface area (Å²) in [6, 6.07) is 16.2. The molecule has 4 rings (SSSR count). The third-order valence-electron chi connectivity index (χ3n) is 4.66. The van der Waals surface area contributed by atoms with Gasteiger partial charge in [0.2, 0.25) is 0 Å². The number of benzene rings is 2. The summed E-state index contributed by atoms with van der Waals surface area (Å²) in [7, 11) is -0.229. The van der Waals surface area contributed by atoms with Crippen LogP contribution in [0.15, 0.2) is 64.1 Å². The molecule has 0 amide bonds. The van der Waals surface area contributed by atoms with Crippen molar-refractivity contribution in [1.82, 2.24) is 4.57 Å². The molecule has 0 saturated heterocycles. The van der Waals surface area contributed by atoms with Gasteiger partial charge in [0, 0.05) is 12.6 Å². The van der Waals surface area contributed by atoms with Crippen molar-refractivity contribution in [1.29, 1.82) is 0 Å². The second-order valence-corrected chi connectivity index (χ2v) is 8.78. The predicted molar refractivity (Wildman–Crippen MR) is 105 cm³/mol. The zero-order valence-corrected chi connectivity index (χ0v) is 16.7. The number of rotatable bonds is 3. The molecule has 0 spiro atoms. The third-order valence-corrected chi connectivity index (χ3v) is 7.19. The molecule has 0 atom stereocenters. The van der Waals surface area contributed by atoms with Crippen LogP contribution < -0.4 is 9.04 Å². The number of methoxy groups -OCH3 is 1. The molecule has 3 aromatic rings. The number of hydrogen-bond acceptors (Lipinski definition) is 3. The second kappa shape index (κ2) is 6.17. The smallest absolute Gasteiger partial charge is 0.264 e. The minimum atomic E-state index is -3.70. The van der Waals surface area contributed by atoms with Gasteiger partial charge in [0.1, 0.15) is 5.75 Å². The first kappa shape index (κ1) is 17.2. The Morgan fingerprint density at radius 2 is 1.77 bits per heavy atom. The third kappa shape index (κ3) is 2.54. The highest BCUT2D eigenvalue weighted by Gasteiger charge is 2.34. The van der Waals surface area contributed by atoms with Crippen molar-refractivity contribution in [2.45, 2.75) is 11.4 Å². The van der Waals surface area contributed by atoms with Crippen LogP contribution >= 0.6 is 15.9 Å². The normalized spacial score (nSPS) is 13.3. The molecule has 0 fully saturated rings. The van der Waals surface area contributed by atoms with Crippen LogP contribution in [0.5, 0.6) is 5.75 Å². The summed E-state index contributed by atoms with van der Waals surface area (Å²) in [6.07, 6.45) is 0. The van der Waals surface area contributed by atoms with E-state index in [0.717, 1.165) is 21.4 Å². The van der Waals surface area contributed by atoms with E-state index in [1.54, 1.807) is 31.4 Å². The van der Waals surface area contributed by atoms with E-state index in [2.05, 4.69) is 15.9 Å². The first-order chi connectivity index (χ1) is 12.4. The van der Waals surface area contributed by atoms with Crippen LogP contribution in [0.2, 0.25) is 0 Å². The number of halogens is 1. The molecule has 2 aromatic carbocycles. The molecule has 0 aliphatic carbocycles. The van der Waals surface area contributed by atoms with Gasteiger partial charge >= 0.3 is 0 Å². The van der Waals surface area contributed by atoms with Crippen LogP contribution in [0.1, 0.15) is 5.56 Å². The van der Waals surface area contributed by atoms with Crippen LogP contribution in [0.4, 0.5) is 5.69 Å². The number of fused-ring (bicyclic) bond motifs is 3. The number of ether oxygens (including phenoxy) is 1. The molecule has 5 nitrogen and oxygen atoms in total. The first-order valence-corrected chi connectivity index (χ1v) is 10.3. The van der Waals surface area contributed by atoms with Crippen molar-refractivity contribution < 1.29 is 13.2 Å². The highest BCUT2D eigenvalue weighted by molar-refractivity contribution is 9.10. The van der Waals surface area contributed by atoms with Crippen LogP contribution in [-0.2, 0) is 23.6 Å².